The molecule has 2 aliphatic heterocycles. The molecule has 3 amide bonds. The number of hydrogen-bond acceptors (Lipinski definition) is 12. The van der Waals surface area contributed by atoms with Gasteiger partial charge < -0.3 is 24.4 Å². The van der Waals surface area contributed by atoms with Crippen LogP contribution in [0.25, 0.3) is 21.7 Å². The smallest absolute Gasteiger partial charge is 0.259 e. The van der Waals surface area contributed by atoms with Gasteiger partial charge in [0.15, 0.2) is 10.8 Å². The van der Waals surface area contributed by atoms with E-state index in [1.54, 1.807) is 32.2 Å². The third kappa shape index (κ3) is 7.37. The van der Waals surface area contributed by atoms with E-state index in [1.165, 1.54) is 16.2 Å². The number of benzene rings is 1. The summed E-state index contributed by atoms with van der Waals surface area (Å²) in [6.07, 6.45) is 5.88. The molecule has 0 spiro atoms. The number of aromatic nitrogens is 3. The SMILES string of the molecule is COc1ccc2c(OC3CC4C(=O)NC5(C(=O)NS(=O)(=O)C6CC6)CC5C=CCCCCOC(C)C(=O)N4C3)nc(-c3nc(C(C)C)cs3)nc2c1. The maximum Gasteiger partial charge on any atom is 0.259 e. The first-order valence-corrected chi connectivity index (χ1v) is 20.3. The summed E-state index contributed by atoms with van der Waals surface area (Å²) in [6, 6.07) is 4.34. The van der Waals surface area contributed by atoms with Crippen molar-refractivity contribution in [3.8, 4) is 22.5 Å². The highest BCUT2D eigenvalue weighted by molar-refractivity contribution is 7.91. The Morgan fingerprint density at radius 2 is 1.98 bits per heavy atom. The zero-order valence-electron chi connectivity index (χ0n) is 29.7. The molecule has 5 unspecified atom stereocenters. The van der Waals surface area contributed by atoms with Gasteiger partial charge in [-0.1, -0.05) is 26.0 Å². The number of amides is 3. The van der Waals surface area contributed by atoms with Gasteiger partial charge in [-0.05, 0) is 63.5 Å². The number of allylic oxidation sites excluding steroid dienone is 1. The predicted octanol–water partition coefficient (Wildman–Crippen LogP) is 3.86. The molecule has 2 N–H and O–H groups in total. The van der Waals surface area contributed by atoms with E-state index >= 15 is 0 Å². The van der Waals surface area contributed by atoms with Crippen LogP contribution < -0.4 is 19.5 Å². The lowest BCUT2D eigenvalue weighted by molar-refractivity contribution is -0.147. The fraction of sp³-hybridized carbons (Fsp3) is 0.556. The third-order valence-corrected chi connectivity index (χ3v) is 12.8. The normalized spacial score (nSPS) is 27.0. The minimum Gasteiger partial charge on any atom is -0.497 e. The number of fused-ring (bicyclic) bond motifs is 3. The van der Waals surface area contributed by atoms with Crippen molar-refractivity contribution in [1.82, 2.24) is 29.9 Å². The first kappa shape index (κ1) is 36.2. The standard InChI is InChI=1S/C36H44N6O8S2/c1-20(2)28-19-51-33(38-28)30-37-27-15-23(48-4)10-13-26(27)32(39-30)50-24-16-29-31(43)40-36(35(45)41-52(46,47)25-11-12-25)17-22(36)9-7-5-6-8-14-49-21(3)34(44)42(29)18-24/h7,9-10,13,15,19-22,24-25,29H,5-6,8,11-12,14,16-18H2,1-4H3,(H,40,43)(H,41,45). The molecule has 278 valence electrons. The minimum atomic E-state index is -3.86. The topological polar surface area (TPSA) is 179 Å². The van der Waals surface area contributed by atoms with E-state index in [9.17, 15) is 22.8 Å². The average Bonchev–Trinajstić information content (AvgIpc) is 3.99. The highest BCUT2D eigenvalue weighted by Gasteiger charge is 2.62. The number of nitrogens with zero attached hydrogens (tertiary/aromatic N) is 4. The summed E-state index contributed by atoms with van der Waals surface area (Å²) in [5.74, 6) is -0.652. The van der Waals surface area contributed by atoms with Crippen molar-refractivity contribution in [2.24, 2.45) is 5.92 Å². The van der Waals surface area contributed by atoms with Gasteiger partial charge in [0.1, 0.15) is 29.5 Å². The summed E-state index contributed by atoms with van der Waals surface area (Å²) in [4.78, 5) is 57.5. The number of thiazole rings is 1. The molecule has 52 heavy (non-hydrogen) atoms. The number of sulfonamides is 1. The number of rotatable bonds is 8. The Hall–Kier alpha value is -4.15. The molecule has 4 aliphatic rings. The molecule has 5 atom stereocenters. The van der Waals surface area contributed by atoms with Crippen LogP contribution in [0, 0.1) is 5.92 Å². The van der Waals surface area contributed by atoms with E-state index in [0.29, 0.717) is 46.9 Å². The van der Waals surface area contributed by atoms with Gasteiger partial charge in [-0.25, -0.2) is 18.4 Å². The second kappa shape index (κ2) is 14.3. The fourth-order valence-electron chi connectivity index (χ4n) is 6.74. The first-order chi connectivity index (χ1) is 24.9. The van der Waals surface area contributed by atoms with Crippen molar-refractivity contribution < 1.29 is 37.0 Å². The molecule has 2 aliphatic carbocycles. The van der Waals surface area contributed by atoms with Crippen molar-refractivity contribution in [2.45, 2.75) is 101 Å². The van der Waals surface area contributed by atoms with Crippen LogP contribution in [0.3, 0.4) is 0 Å². The van der Waals surface area contributed by atoms with Gasteiger partial charge >= 0.3 is 0 Å². The fourth-order valence-corrected chi connectivity index (χ4v) is 9.01. The zero-order chi connectivity index (χ0) is 36.8. The van der Waals surface area contributed by atoms with Crippen LogP contribution in [0.15, 0.2) is 35.7 Å². The monoisotopic (exact) mass is 752 g/mol. The van der Waals surface area contributed by atoms with Crippen LogP contribution in [0.1, 0.15) is 77.3 Å². The van der Waals surface area contributed by atoms with Gasteiger partial charge in [0.2, 0.25) is 21.8 Å². The molecule has 2 aromatic heterocycles. The van der Waals surface area contributed by atoms with Crippen LogP contribution in [0.4, 0.5) is 0 Å². The molecule has 7 rings (SSSR count). The zero-order valence-corrected chi connectivity index (χ0v) is 31.3. The Labute approximate surface area is 306 Å². The predicted molar refractivity (Wildman–Crippen MR) is 193 cm³/mol. The number of carbonyl (C=O) groups is 3. The Morgan fingerprint density at radius 3 is 2.71 bits per heavy atom. The summed E-state index contributed by atoms with van der Waals surface area (Å²) in [7, 11) is -2.28. The van der Waals surface area contributed by atoms with Gasteiger partial charge in [0.05, 0.1) is 35.5 Å². The number of carbonyl (C=O) groups excluding carboxylic acids is 3. The number of hydrogen-bond donors (Lipinski definition) is 2. The molecule has 0 radical (unpaired) electrons. The van der Waals surface area contributed by atoms with E-state index < -0.39 is 56.8 Å². The highest BCUT2D eigenvalue weighted by Crippen LogP contribution is 2.46. The molecule has 3 aromatic rings. The lowest BCUT2D eigenvalue weighted by Gasteiger charge is -2.28. The molecule has 2 saturated carbocycles. The van der Waals surface area contributed by atoms with Crippen LogP contribution >= 0.6 is 11.3 Å². The number of nitrogens with one attached hydrogen (secondary N) is 2. The van der Waals surface area contributed by atoms with Crippen LogP contribution in [0.2, 0.25) is 0 Å². The molecule has 16 heteroatoms. The second-order valence-corrected chi connectivity index (χ2v) is 17.2. The van der Waals surface area contributed by atoms with Gasteiger partial charge in [-0.2, -0.15) is 4.98 Å². The molecule has 1 aromatic carbocycles. The van der Waals surface area contributed by atoms with Gasteiger partial charge in [0, 0.05) is 30.4 Å². The maximum atomic E-state index is 14.2. The summed E-state index contributed by atoms with van der Waals surface area (Å²) < 4.78 is 45.7. The molecule has 4 heterocycles. The second-order valence-electron chi connectivity index (χ2n) is 14.3. The number of methoxy groups -OCH3 is 1. The summed E-state index contributed by atoms with van der Waals surface area (Å²) in [5, 5.41) is 5.50. The van der Waals surface area contributed by atoms with E-state index in [4.69, 9.17) is 29.2 Å². The van der Waals surface area contributed by atoms with E-state index in [0.717, 1.165) is 25.0 Å². The summed E-state index contributed by atoms with van der Waals surface area (Å²) in [5.41, 5.74) is 0.0411. The molecule has 1 saturated heterocycles. The van der Waals surface area contributed by atoms with Crippen LogP contribution in [-0.2, 0) is 29.1 Å². The van der Waals surface area contributed by atoms with Crippen molar-refractivity contribution in [2.75, 3.05) is 20.3 Å². The van der Waals surface area contributed by atoms with Crippen molar-refractivity contribution in [1.29, 1.82) is 0 Å². The Kier molecular flexibility index (Phi) is 9.99. The van der Waals surface area contributed by atoms with Gasteiger partial charge in [-0.15, -0.1) is 11.3 Å². The van der Waals surface area contributed by atoms with E-state index in [2.05, 4.69) is 23.9 Å². The van der Waals surface area contributed by atoms with Crippen molar-refractivity contribution >= 4 is 50.0 Å². The summed E-state index contributed by atoms with van der Waals surface area (Å²) in [6.45, 7) is 6.20. The van der Waals surface area contributed by atoms with E-state index in [-0.39, 0.29) is 37.1 Å². The first-order valence-electron chi connectivity index (χ1n) is 17.8. The minimum absolute atomic E-state index is 0.0505. The molecular weight excluding hydrogens is 709 g/mol. The molecular formula is C36H44N6O8S2. The molecule has 14 nitrogen and oxygen atoms in total. The summed E-state index contributed by atoms with van der Waals surface area (Å²) >= 11 is 1.43. The third-order valence-electron chi connectivity index (χ3n) is 10.1. The largest absolute Gasteiger partial charge is 0.497 e. The average molecular weight is 753 g/mol. The lowest BCUT2D eigenvalue weighted by Crippen LogP contribution is -2.57. The Bertz CT molecular complexity index is 2010. The van der Waals surface area contributed by atoms with Gasteiger partial charge in [-0.3, -0.25) is 19.1 Å². The van der Waals surface area contributed by atoms with E-state index in [1.807, 2.05) is 17.5 Å². The Balaban J connectivity index is 1.20. The van der Waals surface area contributed by atoms with Crippen molar-refractivity contribution in [3.63, 3.8) is 0 Å². The van der Waals surface area contributed by atoms with Gasteiger partial charge in [0.25, 0.3) is 11.8 Å². The maximum absolute atomic E-state index is 14.2. The van der Waals surface area contributed by atoms with Crippen LogP contribution in [-0.4, -0.2) is 95.3 Å². The Morgan fingerprint density at radius 1 is 1.17 bits per heavy atom. The molecule has 0 bridgehead atoms. The van der Waals surface area contributed by atoms with Crippen molar-refractivity contribution in [3.05, 3.63) is 41.4 Å². The lowest BCUT2D eigenvalue weighted by atomic mass is 10.1. The van der Waals surface area contributed by atoms with Crippen LogP contribution in [0.5, 0.6) is 11.6 Å². The highest BCUT2D eigenvalue weighted by atomic mass is 32.2. The number of ether oxygens (including phenoxy) is 3. The quantitative estimate of drug-likeness (QED) is 0.319. The molecule has 3 fully saturated rings.